The lowest BCUT2D eigenvalue weighted by atomic mass is 10.1. The molecule has 1 aliphatic heterocycles. The molecule has 8 heteroatoms. The van der Waals surface area contributed by atoms with Gasteiger partial charge in [0.05, 0.1) is 24.9 Å². The van der Waals surface area contributed by atoms with Gasteiger partial charge in [0.15, 0.2) is 6.10 Å². The molecule has 0 saturated carbocycles. The highest BCUT2D eigenvalue weighted by molar-refractivity contribution is 5.90. The van der Waals surface area contributed by atoms with Crippen LogP contribution in [0.1, 0.15) is 22.3 Å². The number of piperidine rings is 1. The third-order valence-electron chi connectivity index (χ3n) is 4.54. The Morgan fingerprint density at radius 1 is 1.14 bits per heavy atom. The summed E-state index contributed by atoms with van der Waals surface area (Å²) in [6.45, 7) is 0.283. The maximum absolute atomic E-state index is 14.3. The molecule has 2 aromatic rings. The van der Waals surface area contributed by atoms with E-state index in [1.165, 1.54) is 12.0 Å². The second-order valence-electron chi connectivity index (χ2n) is 6.62. The van der Waals surface area contributed by atoms with Gasteiger partial charge in [-0.1, -0.05) is 30.3 Å². The van der Waals surface area contributed by atoms with Crippen LogP contribution in [-0.4, -0.2) is 49.4 Å². The van der Waals surface area contributed by atoms with Crippen molar-refractivity contribution in [3.8, 4) is 0 Å². The summed E-state index contributed by atoms with van der Waals surface area (Å²) in [7, 11) is 1.48. The molecule has 3 rings (SSSR count). The number of nitrogens with one attached hydrogen (secondary N) is 1. The number of hydrogen-bond donors (Lipinski definition) is 1. The smallest absolute Gasteiger partial charge is 0.410 e. The average Bonchev–Trinajstić information content (AvgIpc) is 2.75. The van der Waals surface area contributed by atoms with Crippen LogP contribution in [0.15, 0.2) is 54.6 Å². The molecule has 1 heterocycles. The van der Waals surface area contributed by atoms with Crippen LogP contribution in [0.4, 0.5) is 14.9 Å². The Morgan fingerprint density at radius 2 is 1.86 bits per heavy atom. The van der Waals surface area contributed by atoms with E-state index in [4.69, 9.17) is 14.3 Å². The fourth-order valence-electron chi connectivity index (χ4n) is 2.97. The first kappa shape index (κ1) is 20.6. The number of benzene rings is 2. The van der Waals surface area contributed by atoms with Gasteiger partial charge in [0, 0.05) is 13.0 Å². The first-order valence-electron chi connectivity index (χ1n) is 9.26. The molecule has 7 nitrogen and oxygen atoms in total. The van der Waals surface area contributed by atoms with Gasteiger partial charge in [-0.3, -0.25) is 10.3 Å². The highest BCUT2D eigenvalue weighted by Gasteiger charge is 2.35. The number of carbonyl (C=O) groups is 2. The fourth-order valence-corrected chi connectivity index (χ4v) is 2.97. The Hall–Kier alpha value is -3.13. The van der Waals surface area contributed by atoms with Crippen molar-refractivity contribution in [2.75, 3.05) is 25.7 Å². The molecule has 0 spiro atoms. The van der Waals surface area contributed by atoms with Crippen LogP contribution in [0.25, 0.3) is 0 Å². The predicted molar refractivity (Wildman–Crippen MR) is 104 cm³/mol. The van der Waals surface area contributed by atoms with Gasteiger partial charge in [-0.05, 0) is 29.8 Å². The number of amides is 1. The lowest BCUT2D eigenvalue weighted by molar-refractivity contribution is -0.0280. The largest absolute Gasteiger partial charge is 0.454 e. The summed E-state index contributed by atoms with van der Waals surface area (Å²) in [5.74, 6) is -0.652. The number of rotatable bonds is 6. The van der Waals surface area contributed by atoms with Crippen molar-refractivity contribution in [2.45, 2.75) is 25.3 Å². The Bertz CT molecular complexity index is 816. The Labute approximate surface area is 168 Å². The standard InChI is InChI=1S/C21H23FN2O5/c1-27-23-17-9-7-16(8-10-17)20(25)29-19-13-24(12-11-18(19)22)21(26)28-14-15-5-3-2-4-6-15/h2-10,18-19,23H,11-14H2,1H3. The van der Waals surface area contributed by atoms with Gasteiger partial charge in [0.25, 0.3) is 0 Å². The number of ether oxygens (including phenoxy) is 2. The third kappa shape index (κ3) is 5.68. The summed E-state index contributed by atoms with van der Waals surface area (Å²) in [6, 6.07) is 15.6. The van der Waals surface area contributed by atoms with E-state index in [0.717, 1.165) is 5.56 Å². The molecule has 1 N–H and O–H groups in total. The number of alkyl halides is 1. The van der Waals surface area contributed by atoms with E-state index in [2.05, 4.69) is 5.48 Å². The first-order chi connectivity index (χ1) is 14.1. The quantitative estimate of drug-likeness (QED) is 0.588. The van der Waals surface area contributed by atoms with Crippen LogP contribution in [-0.2, 0) is 20.9 Å². The molecule has 0 radical (unpaired) electrons. The summed E-state index contributed by atoms with van der Waals surface area (Å²) in [5.41, 5.74) is 4.44. The van der Waals surface area contributed by atoms with Gasteiger partial charge in [-0.25, -0.2) is 14.0 Å². The van der Waals surface area contributed by atoms with E-state index >= 15 is 0 Å². The summed E-state index contributed by atoms with van der Waals surface area (Å²) in [5, 5.41) is 0. The van der Waals surface area contributed by atoms with Crippen LogP contribution < -0.4 is 5.48 Å². The number of hydrogen-bond acceptors (Lipinski definition) is 6. The fraction of sp³-hybridized carbons (Fsp3) is 0.333. The molecule has 2 unspecified atom stereocenters. The molecule has 1 fully saturated rings. The topological polar surface area (TPSA) is 77.1 Å². The number of likely N-dealkylation sites (tertiary alicyclic amines) is 1. The van der Waals surface area contributed by atoms with Gasteiger partial charge >= 0.3 is 12.1 Å². The van der Waals surface area contributed by atoms with Gasteiger partial charge < -0.3 is 14.4 Å². The molecule has 0 bridgehead atoms. The van der Waals surface area contributed by atoms with Crippen molar-refractivity contribution in [2.24, 2.45) is 0 Å². The lowest BCUT2D eigenvalue weighted by Gasteiger charge is -2.33. The molecule has 1 amide bonds. The monoisotopic (exact) mass is 402 g/mol. The number of esters is 1. The molecule has 29 heavy (non-hydrogen) atoms. The van der Waals surface area contributed by atoms with E-state index in [9.17, 15) is 14.0 Å². The van der Waals surface area contributed by atoms with E-state index in [0.29, 0.717) is 5.69 Å². The van der Waals surface area contributed by atoms with Crippen LogP contribution in [0, 0.1) is 0 Å². The van der Waals surface area contributed by atoms with Gasteiger partial charge in [0.2, 0.25) is 0 Å². The summed E-state index contributed by atoms with van der Waals surface area (Å²) in [4.78, 5) is 30.8. The van der Waals surface area contributed by atoms with Crippen molar-refractivity contribution in [1.82, 2.24) is 4.90 Å². The van der Waals surface area contributed by atoms with E-state index in [1.54, 1.807) is 24.3 Å². The second kappa shape index (κ2) is 9.88. The molecule has 1 saturated heterocycles. The highest BCUT2D eigenvalue weighted by atomic mass is 19.1. The van der Waals surface area contributed by atoms with Crippen molar-refractivity contribution in [3.63, 3.8) is 0 Å². The SMILES string of the molecule is CONc1ccc(C(=O)OC2CN(C(=O)OCc3ccccc3)CCC2F)cc1. The highest BCUT2D eigenvalue weighted by Crippen LogP contribution is 2.20. The zero-order chi connectivity index (χ0) is 20.6. The van der Waals surface area contributed by atoms with Crippen molar-refractivity contribution in [1.29, 1.82) is 0 Å². The second-order valence-corrected chi connectivity index (χ2v) is 6.62. The van der Waals surface area contributed by atoms with E-state index in [-0.39, 0.29) is 31.7 Å². The minimum absolute atomic E-state index is 0.0517. The van der Waals surface area contributed by atoms with Gasteiger partial charge in [0.1, 0.15) is 12.8 Å². The molecular weight excluding hydrogens is 379 g/mol. The Kier molecular flexibility index (Phi) is 7.02. The number of halogens is 1. The zero-order valence-electron chi connectivity index (χ0n) is 16.0. The molecule has 0 aromatic heterocycles. The number of nitrogens with zero attached hydrogens (tertiary/aromatic N) is 1. The summed E-state index contributed by atoms with van der Waals surface area (Å²) < 4.78 is 24.9. The molecule has 2 aromatic carbocycles. The van der Waals surface area contributed by atoms with E-state index in [1.807, 2.05) is 30.3 Å². The zero-order valence-corrected chi connectivity index (χ0v) is 16.0. The Morgan fingerprint density at radius 3 is 2.55 bits per heavy atom. The molecule has 0 aliphatic carbocycles. The normalized spacial score (nSPS) is 18.8. The summed E-state index contributed by atoms with van der Waals surface area (Å²) >= 11 is 0. The first-order valence-corrected chi connectivity index (χ1v) is 9.26. The van der Waals surface area contributed by atoms with Crippen LogP contribution in [0.2, 0.25) is 0 Å². The maximum Gasteiger partial charge on any atom is 0.410 e. The minimum Gasteiger partial charge on any atom is -0.454 e. The number of carbonyl (C=O) groups excluding carboxylic acids is 2. The summed E-state index contributed by atoms with van der Waals surface area (Å²) in [6.07, 6.45) is -2.87. The van der Waals surface area contributed by atoms with Crippen molar-refractivity contribution >= 4 is 17.7 Å². The number of anilines is 1. The van der Waals surface area contributed by atoms with Crippen LogP contribution in [0.5, 0.6) is 0 Å². The third-order valence-corrected chi connectivity index (χ3v) is 4.54. The van der Waals surface area contributed by atoms with Crippen molar-refractivity contribution in [3.05, 3.63) is 65.7 Å². The minimum atomic E-state index is -1.34. The molecule has 154 valence electrons. The van der Waals surface area contributed by atoms with Gasteiger partial charge in [-0.15, -0.1) is 0 Å². The Balaban J connectivity index is 1.54. The maximum atomic E-state index is 14.3. The molecule has 1 aliphatic rings. The predicted octanol–water partition coefficient (Wildman–Crippen LogP) is 3.57. The van der Waals surface area contributed by atoms with Gasteiger partial charge in [-0.2, -0.15) is 0 Å². The lowest BCUT2D eigenvalue weighted by Crippen LogP contribution is -2.49. The van der Waals surface area contributed by atoms with Crippen LogP contribution in [0.3, 0.4) is 0 Å². The molecule has 2 atom stereocenters. The van der Waals surface area contributed by atoms with E-state index < -0.39 is 24.3 Å². The van der Waals surface area contributed by atoms with Crippen LogP contribution >= 0.6 is 0 Å². The van der Waals surface area contributed by atoms with Crippen molar-refractivity contribution < 1.29 is 28.3 Å². The molecular formula is C21H23FN2O5. The average molecular weight is 402 g/mol.